The van der Waals surface area contributed by atoms with Crippen molar-refractivity contribution in [2.45, 2.75) is 5.92 Å². The predicted molar refractivity (Wildman–Crippen MR) is 118 cm³/mol. The van der Waals surface area contributed by atoms with Gasteiger partial charge in [0.2, 0.25) is 5.88 Å². The number of thiophene rings is 2. The molecule has 0 aliphatic carbocycles. The van der Waals surface area contributed by atoms with Crippen LogP contribution in [0.1, 0.15) is 15.7 Å². The van der Waals surface area contributed by atoms with Gasteiger partial charge in [-0.05, 0) is 37.4 Å². The van der Waals surface area contributed by atoms with Crippen molar-refractivity contribution in [2.24, 2.45) is 5.73 Å². The fourth-order valence-electron chi connectivity index (χ4n) is 3.64. The Balaban J connectivity index is 1.87. The minimum atomic E-state index is -0.507. The topological polar surface area (TPSA) is 64.8 Å². The number of halogens is 2. The Morgan fingerprint density at radius 2 is 1.97 bits per heavy atom. The second kappa shape index (κ2) is 8.16. The van der Waals surface area contributed by atoms with Crippen molar-refractivity contribution >= 4 is 57.9 Å². The lowest BCUT2D eigenvalue weighted by Gasteiger charge is -2.37. The highest BCUT2D eigenvalue weighted by atomic mass is 35.5. The molecule has 0 fully saturated rings. The first-order valence-electron chi connectivity index (χ1n) is 8.76. The van der Waals surface area contributed by atoms with Crippen LogP contribution in [0.25, 0.3) is 6.08 Å². The molecule has 5 nitrogen and oxygen atoms in total. The number of ether oxygens (including phenoxy) is 2. The number of nitrogens with two attached hydrogens (primary N) is 1. The summed E-state index contributed by atoms with van der Waals surface area (Å²) in [5.74, 6) is -0.119. The Hall–Kier alpha value is -1.77. The fraction of sp³-hybridized carbons (Fsp3) is 0.250. The fourth-order valence-corrected chi connectivity index (χ4v) is 5.87. The van der Waals surface area contributed by atoms with E-state index in [1.54, 1.807) is 0 Å². The molecule has 0 saturated heterocycles. The van der Waals surface area contributed by atoms with Crippen LogP contribution in [0.2, 0.25) is 8.67 Å². The van der Waals surface area contributed by atoms with Crippen molar-refractivity contribution in [3.63, 3.8) is 0 Å². The van der Waals surface area contributed by atoms with Crippen LogP contribution in [0.3, 0.4) is 0 Å². The molecule has 0 bridgehead atoms. The van der Waals surface area contributed by atoms with Gasteiger partial charge in [-0.3, -0.25) is 4.90 Å². The van der Waals surface area contributed by atoms with Crippen molar-refractivity contribution in [1.82, 2.24) is 4.90 Å². The van der Waals surface area contributed by atoms with Crippen molar-refractivity contribution < 1.29 is 14.3 Å². The summed E-state index contributed by atoms with van der Waals surface area (Å²) < 4.78 is 12.4. The third-order valence-corrected chi connectivity index (χ3v) is 7.25. The Bertz CT molecular complexity index is 1070. The van der Waals surface area contributed by atoms with Gasteiger partial charge in [-0.2, -0.15) is 0 Å². The van der Waals surface area contributed by atoms with Crippen LogP contribution in [0, 0.1) is 0 Å². The van der Waals surface area contributed by atoms with Gasteiger partial charge in [0.05, 0.1) is 21.7 Å². The zero-order valence-corrected chi connectivity index (χ0v) is 18.8. The van der Waals surface area contributed by atoms with E-state index in [0.29, 0.717) is 28.8 Å². The quantitative estimate of drug-likeness (QED) is 0.651. The van der Waals surface area contributed by atoms with Crippen LogP contribution in [0.15, 0.2) is 52.6 Å². The molecule has 0 aromatic carbocycles. The van der Waals surface area contributed by atoms with E-state index in [1.807, 2.05) is 31.3 Å². The van der Waals surface area contributed by atoms with Gasteiger partial charge in [-0.25, -0.2) is 4.79 Å². The van der Waals surface area contributed by atoms with E-state index in [9.17, 15) is 4.79 Å². The summed E-state index contributed by atoms with van der Waals surface area (Å²) in [4.78, 5) is 16.7. The third-order valence-electron chi connectivity index (χ3n) is 4.77. The number of carbonyl (C=O) groups excluding carboxylic acids is 1. The van der Waals surface area contributed by atoms with Crippen LogP contribution in [-0.4, -0.2) is 38.1 Å². The minimum Gasteiger partial charge on any atom is -0.465 e. The summed E-state index contributed by atoms with van der Waals surface area (Å²) in [6, 6.07) is 7.57. The molecule has 2 N–H and O–H groups in total. The first kappa shape index (κ1) is 20.5. The molecule has 2 aliphatic rings. The Morgan fingerprint density at radius 3 is 2.59 bits per heavy atom. The molecule has 2 aliphatic heterocycles. The van der Waals surface area contributed by atoms with E-state index in [0.717, 1.165) is 25.2 Å². The molecule has 2 aromatic rings. The molecule has 152 valence electrons. The maximum atomic E-state index is 12.6. The van der Waals surface area contributed by atoms with E-state index in [1.165, 1.54) is 29.8 Å². The predicted octanol–water partition coefficient (Wildman–Crippen LogP) is 4.86. The zero-order valence-electron chi connectivity index (χ0n) is 15.7. The summed E-state index contributed by atoms with van der Waals surface area (Å²) >= 11 is 15.2. The SMILES string of the molecule is COC(=O)C1=C(N)OC2=C(CN(C)C/C2=C\c2ccc(Cl)s2)C1c1ccc(Cl)s1. The second-order valence-electron chi connectivity index (χ2n) is 6.78. The lowest BCUT2D eigenvalue weighted by molar-refractivity contribution is -0.136. The van der Waals surface area contributed by atoms with Gasteiger partial charge in [0.25, 0.3) is 0 Å². The lowest BCUT2D eigenvalue weighted by Crippen LogP contribution is -2.37. The van der Waals surface area contributed by atoms with Crippen LogP contribution in [0.5, 0.6) is 0 Å². The van der Waals surface area contributed by atoms with Gasteiger partial charge in [0.1, 0.15) is 11.3 Å². The molecule has 4 heterocycles. The highest BCUT2D eigenvalue weighted by Crippen LogP contribution is 2.46. The smallest absolute Gasteiger partial charge is 0.340 e. The van der Waals surface area contributed by atoms with Crippen molar-refractivity contribution in [3.8, 4) is 0 Å². The van der Waals surface area contributed by atoms with Crippen LogP contribution < -0.4 is 5.73 Å². The molecule has 29 heavy (non-hydrogen) atoms. The molecule has 0 spiro atoms. The minimum absolute atomic E-state index is 0.0600. The van der Waals surface area contributed by atoms with Crippen LogP contribution >= 0.6 is 45.9 Å². The molecule has 4 rings (SSSR count). The zero-order chi connectivity index (χ0) is 20.7. The molecule has 9 heteroatoms. The van der Waals surface area contributed by atoms with E-state index >= 15 is 0 Å². The van der Waals surface area contributed by atoms with Gasteiger partial charge < -0.3 is 15.2 Å². The van der Waals surface area contributed by atoms with Gasteiger partial charge >= 0.3 is 5.97 Å². The van der Waals surface area contributed by atoms with Gasteiger partial charge in [-0.1, -0.05) is 23.2 Å². The highest BCUT2D eigenvalue weighted by Gasteiger charge is 2.40. The average molecular weight is 469 g/mol. The number of nitrogens with zero attached hydrogens (tertiary/aromatic N) is 1. The first-order chi connectivity index (χ1) is 13.9. The number of hydrogen-bond donors (Lipinski definition) is 1. The molecule has 1 atom stereocenters. The molecule has 0 saturated carbocycles. The maximum Gasteiger partial charge on any atom is 0.340 e. The molecule has 0 amide bonds. The van der Waals surface area contributed by atoms with Crippen molar-refractivity contribution in [3.05, 3.63) is 71.1 Å². The van der Waals surface area contributed by atoms with Gasteiger partial charge in [-0.15, -0.1) is 22.7 Å². The molecular weight excluding hydrogens is 451 g/mol. The number of hydrogen-bond acceptors (Lipinski definition) is 7. The molecule has 0 radical (unpaired) electrons. The standard InChI is InChI=1S/C20H18Cl2N2O3S2/c1-24-8-10(7-11-3-5-14(21)28-11)18-12(9-24)16(13-4-6-15(22)29-13)17(19(23)27-18)20(25)26-2/h3-7,16H,8-9,23H2,1-2H3/b10-7+. The molecule has 2 aromatic heterocycles. The van der Waals surface area contributed by atoms with Crippen LogP contribution in [-0.2, 0) is 14.3 Å². The Kier molecular flexibility index (Phi) is 5.77. The number of rotatable bonds is 3. The summed E-state index contributed by atoms with van der Waals surface area (Å²) in [5.41, 5.74) is 8.47. The summed E-state index contributed by atoms with van der Waals surface area (Å²) in [6.07, 6.45) is 2.05. The largest absolute Gasteiger partial charge is 0.465 e. The van der Waals surface area contributed by atoms with Crippen molar-refractivity contribution in [1.29, 1.82) is 0 Å². The Morgan fingerprint density at radius 1 is 1.24 bits per heavy atom. The van der Waals surface area contributed by atoms with Gasteiger partial charge in [0, 0.05) is 34.0 Å². The monoisotopic (exact) mass is 468 g/mol. The van der Waals surface area contributed by atoms with E-state index < -0.39 is 5.97 Å². The molecular formula is C20H18Cl2N2O3S2. The summed E-state index contributed by atoms with van der Waals surface area (Å²) in [7, 11) is 3.36. The number of carbonyl (C=O) groups is 1. The van der Waals surface area contributed by atoms with E-state index in [4.69, 9.17) is 38.4 Å². The second-order valence-corrected chi connectivity index (χ2v) is 10.3. The summed E-state index contributed by atoms with van der Waals surface area (Å²) in [5, 5.41) is 0. The number of methoxy groups -OCH3 is 1. The lowest BCUT2D eigenvalue weighted by atomic mass is 9.83. The highest BCUT2D eigenvalue weighted by molar-refractivity contribution is 7.17. The number of likely N-dealkylation sites (N-methyl/N-ethyl adjacent to an activating group) is 1. The maximum absolute atomic E-state index is 12.6. The third kappa shape index (κ3) is 3.98. The number of esters is 1. The van der Waals surface area contributed by atoms with E-state index in [2.05, 4.69) is 11.0 Å². The average Bonchev–Trinajstić information content (AvgIpc) is 3.28. The Labute approximate surface area is 186 Å². The molecule has 1 unspecified atom stereocenters. The van der Waals surface area contributed by atoms with E-state index in [-0.39, 0.29) is 11.8 Å². The summed E-state index contributed by atoms with van der Waals surface area (Å²) in [6.45, 7) is 1.32. The van der Waals surface area contributed by atoms with Crippen LogP contribution in [0.4, 0.5) is 0 Å². The van der Waals surface area contributed by atoms with Gasteiger partial charge in [0.15, 0.2) is 0 Å². The normalized spacial score (nSPS) is 21.4. The first-order valence-corrected chi connectivity index (χ1v) is 11.1. The van der Waals surface area contributed by atoms with Crippen molar-refractivity contribution in [2.75, 3.05) is 27.2 Å².